The largest absolute Gasteiger partial charge is 0.480 e. The van der Waals surface area contributed by atoms with Gasteiger partial charge in [0.25, 0.3) is 0 Å². The van der Waals surface area contributed by atoms with Crippen LogP contribution in [0.2, 0.25) is 4.34 Å². The van der Waals surface area contributed by atoms with Crippen LogP contribution in [0.25, 0.3) is 0 Å². The van der Waals surface area contributed by atoms with Gasteiger partial charge in [0.2, 0.25) is 0 Å². The van der Waals surface area contributed by atoms with Crippen LogP contribution in [0, 0.1) is 0 Å². The second kappa shape index (κ2) is 5.85. The summed E-state index contributed by atoms with van der Waals surface area (Å²) in [5.41, 5.74) is 0. The molecule has 1 aliphatic rings. The fourth-order valence-electron chi connectivity index (χ4n) is 2.27. The fraction of sp³-hybridized carbons (Fsp3) is 0.583. The Hall–Kier alpha value is -0.580. The van der Waals surface area contributed by atoms with Crippen molar-refractivity contribution in [3.8, 4) is 0 Å². The first-order valence-corrected chi connectivity index (χ1v) is 7.07. The van der Waals surface area contributed by atoms with Gasteiger partial charge in [0, 0.05) is 11.4 Å². The van der Waals surface area contributed by atoms with E-state index in [1.807, 2.05) is 12.1 Å². The second-order valence-electron chi connectivity index (χ2n) is 4.38. The number of carboxylic acids is 1. The Morgan fingerprint density at radius 3 is 2.94 bits per heavy atom. The van der Waals surface area contributed by atoms with Gasteiger partial charge in [-0.25, -0.2) is 0 Å². The van der Waals surface area contributed by atoms with Gasteiger partial charge in [-0.15, -0.1) is 11.3 Å². The summed E-state index contributed by atoms with van der Waals surface area (Å²) in [7, 11) is 0. The first-order valence-electron chi connectivity index (χ1n) is 5.88. The van der Waals surface area contributed by atoms with E-state index in [1.54, 1.807) is 0 Å². The van der Waals surface area contributed by atoms with Gasteiger partial charge in [0.15, 0.2) is 0 Å². The van der Waals surface area contributed by atoms with Crippen LogP contribution in [0.3, 0.4) is 0 Å². The van der Waals surface area contributed by atoms with Crippen LogP contribution in [0.15, 0.2) is 12.1 Å². The predicted molar refractivity (Wildman–Crippen MR) is 69.6 cm³/mol. The summed E-state index contributed by atoms with van der Waals surface area (Å²) in [6, 6.07) is 3.52. The van der Waals surface area contributed by atoms with E-state index in [-0.39, 0.29) is 6.04 Å². The molecule has 2 rings (SSSR count). The molecule has 1 unspecified atom stereocenters. The summed E-state index contributed by atoms with van der Waals surface area (Å²) in [5, 5.41) is 9.25. The average Bonchev–Trinajstić information content (AvgIpc) is 2.55. The molecule has 1 saturated heterocycles. The summed E-state index contributed by atoms with van der Waals surface area (Å²) in [6.07, 6.45) is 3.99. The molecule has 0 bridgehead atoms. The molecule has 0 spiro atoms. The quantitative estimate of drug-likeness (QED) is 0.919. The molecule has 1 fully saturated rings. The van der Waals surface area contributed by atoms with Crippen molar-refractivity contribution in [2.24, 2.45) is 0 Å². The van der Waals surface area contributed by atoms with Crippen LogP contribution in [0.4, 0.5) is 0 Å². The average molecular weight is 274 g/mol. The van der Waals surface area contributed by atoms with Crippen molar-refractivity contribution in [1.82, 2.24) is 4.90 Å². The van der Waals surface area contributed by atoms with Gasteiger partial charge in [-0.05, 0) is 31.5 Å². The molecule has 0 radical (unpaired) electrons. The van der Waals surface area contributed by atoms with E-state index in [9.17, 15) is 9.90 Å². The number of nitrogens with zero attached hydrogens (tertiary/aromatic N) is 1. The van der Waals surface area contributed by atoms with E-state index in [4.69, 9.17) is 11.6 Å². The summed E-state index contributed by atoms with van der Waals surface area (Å²) in [6.45, 7) is 1.57. The molecule has 5 heteroatoms. The molecular weight excluding hydrogens is 258 g/mol. The maximum absolute atomic E-state index is 11.2. The SMILES string of the molecule is O=C(O)C1CCCCCN1Cc1ccc(Cl)s1. The second-order valence-corrected chi connectivity index (χ2v) is 6.18. The summed E-state index contributed by atoms with van der Waals surface area (Å²) < 4.78 is 0.765. The highest BCUT2D eigenvalue weighted by Gasteiger charge is 2.27. The van der Waals surface area contributed by atoms with E-state index in [0.29, 0.717) is 6.54 Å². The third-order valence-corrected chi connectivity index (χ3v) is 4.35. The smallest absolute Gasteiger partial charge is 0.320 e. The van der Waals surface area contributed by atoms with Crippen molar-refractivity contribution >= 4 is 28.9 Å². The molecule has 17 heavy (non-hydrogen) atoms. The minimum Gasteiger partial charge on any atom is -0.480 e. The molecule has 1 aromatic heterocycles. The molecule has 1 aromatic rings. The lowest BCUT2D eigenvalue weighted by Gasteiger charge is -2.25. The highest BCUT2D eigenvalue weighted by Crippen LogP contribution is 2.25. The number of likely N-dealkylation sites (tertiary alicyclic amines) is 1. The number of halogens is 1. The zero-order valence-electron chi connectivity index (χ0n) is 9.56. The van der Waals surface area contributed by atoms with Crippen LogP contribution in [-0.4, -0.2) is 28.6 Å². The van der Waals surface area contributed by atoms with Crippen molar-refractivity contribution in [1.29, 1.82) is 0 Å². The Morgan fingerprint density at radius 1 is 1.47 bits per heavy atom. The number of hydrogen-bond donors (Lipinski definition) is 1. The summed E-state index contributed by atoms with van der Waals surface area (Å²) >= 11 is 7.43. The number of carboxylic acid groups (broad SMARTS) is 1. The van der Waals surface area contributed by atoms with Crippen molar-refractivity contribution in [3.63, 3.8) is 0 Å². The molecule has 2 heterocycles. The van der Waals surface area contributed by atoms with Crippen LogP contribution in [-0.2, 0) is 11.3 Å². The Morgan fingerprint density at radius 2 is 2.29 bits per heavy atom. The number of carbonyl (C=O) groups is 1. The minimum atomic E-state index is -0.699. The third kappa shape index (κ3) is 3.44. The topological polar surface area (TPSA) is 40.5 Å². The van der Waals surface area contributed by atoms with Gasteiger partial charge < -0.3 is 5.11 Å². The lowest BCUT2D eigenvalue weighted by molar-refractivity contribution is -0.143. The zero-order valence-corrected chi connectivity index (χ0v) is 11.1. The Bertz CT molecular complexity index is 394. The van der Waals surface area contributed by atoms with Gasteiger partial charge in [0.1, 0.15) is 6.04 Å². The van der Waals surface area contributed by atoms with E-state index < -0.39 is 5.97 Å². The molecule has 1 atom stereocenters. The van der Waals surface area contributed by atoms with Crippen molar-refractivity contribution < 1.29 is 9.90 Å². The summed E-state index contributed by atoms with van der Waals surface area (Å²) in [5.74, 6) is -0.699. The molecule has 1 aliphatic heterocycles. The first kappa shape index (κ1) is 12.9. The molecule has 1 N–H and O–H groups in total. The van der Waals surface area contributed by atoms with Gasteiger partial charge >= 0.3 is 5.97 Å². The monoisotopic (exact) mass is 273 g/mol. The molecule has 94 valence electrons. The molecule has 3 nitrogen and oxygen atoms in total. The highest BCUT2D eigenvalue weighted by atomic mass is 35.5. The van der Waals surface area contributed by atoms with E-state index in [0.717, 1.165) is 41.4 Å². The van der Waals surface area contributed by atoms with Gasteiger partial charge in [0.05, 0.1) is 4.34 Å². The van der Waals surface area contributed by atoms with Crippen LogP contribution < -0.4 is 0 Å². The Kier molecular flexibility index (Phi) is 4.42. The van der Waals surface area contributed by atoms with E-state index in [1.165, 1.54) is 11.3 Å². The third-order valence-electron chi connectivity index (χ3n) is 3.14. The molecular formula is C12H16ClNO2S. The Labute approximate surface area is 110 Å². The standard InChI is InChI=1S/C12H16ClNO2S/c13-11-6-5-9(17-11)8-14-7-3-1-2-4-10(14)12(15)16/h5-6,10H,1-4,7-8H2,(H,15,16). The maximum Gasteiger partial charge on any atom is 0.320 e. The predicted octanol–water partition coefficient (Wildman–Crippen LogP) is 3.23. The van der Waals surface area contributed by atoms with Crippen molar-refractivity contribution in [3.05, 3.63) is 21.3 Å². The van der Waals surface area contributed by atoms with Crippen molar-refractivity contribution in [2.45, 2.75) is 38.3 Å². The summed E-state index contributed by atoms with van der Waals surface area (Å²) in [4.78, 5) is 14.5. The number of rotatable bonds is 3. The maximum atomic E-state index is 11.2. The Balaban J connectivity index is 2.07. The van der Waals surface area contributed by atoms with Crippen LogP contribution in [0.5, 0.6) is 0 Å². The van der Waals surface area contributed by atoms with E-state index in [2.05, 4.69) is 4.90 Å². The normalized spacial score (nSPS) is 22.3. The van der Waals surface area contributed by atoms with Crippen molar-refractivity contribution in [2.75, 3.05) is 6.54 Å². The number of thiophene rings is 1. The number of aliphatic carboxylic acids is 1. The lowest BCUT2D eigenvalue weighted by Crippen LogP contribution is -2.39. The van der Waals surface area contributed by atoms with Gasteiger partial charge in [-0.2, -0.15) is 0 Å². The minimum absolute atomic E-state index is 0.335. The number of hydrogen-bond acceptors (Lipinski definition) is 3. The fourth-order valence-corrected chi connectivity index (χ4v) is 3.39. The first-order chi connectivity index (χ1) is 8.16. The highest BCUT2D eigenvalue weighted by molar-refractivity contribution is 7.16. The van der Waals surface area contributed by atoms with Gasteiger partial charge in [-0.1, -0.05) is 24.4 Å². The lowest BCUT2D eigenvalue weighted by atomic mass is 10.1. The molecule has 0 aromatic carbocycles. The molecule has 0 amide bonds. The van der Waals surface area contributed by atoms with Crippen LogP contribution >= 0.6 is 22.9 Å². The van der Waals surface area contributed by atoms with E-state index >= 15 is 0 Å². The molecule has 0 saturated carbocycles. The van der Waals surface area contributed by atoms with Gasteiger partial charge in [-0.3, -0.25) is 9.69 Å². The molecule has 0 aliphatic carbocycles. The zero-order chi connectivity index (χ0) is 12.3. The van der Waals surface area contributed by atoms with Crippen LogP contribution in [0.1, 0.15) is 30.6 Å².